The molecule has 2 saturated heterocycles. The van der Waals surface area contributed by atoms with Crippen molar-refractivity contribution in [3.05, 3.63) is 0 Å². The van der Waals surface area contributed by atoms with Gasteiger partial charge >= 0.3 is 6.09 Å². The van der Waals surface area contributed by atoms with E-state index >= 15 is 0 Å². The fourth-order valence-electron chi connectivity index (χ4n) is 2.49. The molecule has 1 N–H and O–H groups in total. The van der Waals surface area contributed by atoms with Gasteiger partial charge in [-0.05, 0) is 20.8 Å². The van der Waals surface area contributed by atoms with Gasteiger partial charge in [-0.1, -0.05) is 0 Å². The molecule has 5 nitrogen and oxygen atoms in total. The average molecular weight is 243 g/mol. The summed E-state index contributed by atoms with van der Waals surface area (Å²) in [7, 11) is 0. The molecule has 2 aliphatic rings. The molecule has 5 heteroatoms. The molecule has 0 saturated carbocycles. The summed E-state index contributed by atoms with van der Waals surface area (Å²) in [5.41, 5.74) is -0.467. The van der Waals surface area contributed by atoms with Gasteiger partial charge in [-0.2, -0.15) is 0 Å². The second kappa shape index (κ2) is 4.46. The van der Waals surface area contributed by atoms with E-state index in [1.165, 1.54) is 0 Å². The third kappa shape index (κ3) is 2.72. The molecule has 2 aliphatic heterocycles. The summed E-state index contributed by atoms with van der Waals surface area (Å²) < 4.78 is 10.9. The monoisotopic (exact) mass is 243 g/mol. The van der Waals surface area contributed by atoms with Gasteiger partial charge in [-0.15, -0.1) is 0 Å². The number of likely N-dealkylation sites (tertiary alicyclic amines) is 1. The van der Waals surface area contributed by atoms with Crippen LogP contribution in [-0.2, 0) is 9.47 Å². The van der Waals surface area contributed by atoms with Crippen LogP contribution in [0.15, 0.2) is 0 Å². The van der Waals surface area contributed by atoms with Crippen LogP contribution in [0.2, 0.25) is 0 Å². The topological polar surface area (TPSA) is 59.0 Å². The fraction of sp³-hybridized carbons (Fsp3) is 0.917. The number of fused-ring (bicyclic) bond motifs is 2. The normalized spacial score (nSPS) is 32.7. The SMILES string of the molecule is CC(C)(C)OC(=O)N1CC2CO[C@@H](C1)C2CO. The van der Waals surface area contributed by atoms with Crippen LogP contribution in [0.1, 0.15) is 20.8 Å². The van der Waals surface area contributed by atoms with E-state index in [9.17, 15) is 9.90 Å². The van der Waals surface area contributed by atoms with Gasteiger partial charge in [-0.3, -0.25) is 0 Å². The van der Waals surface area contributed by atoms with Gasteiger partial charge in [0.15, 0.2) is 0 Å². The van der Waals surface area contributed by atoms with Crippen LogP contribution in [0, 0.1) is 11.8 Å². The van der Waals surface area contributed by atoms with Crippen molar-refractivity contribution in [3.63, 3.8) is 0 Å². The lowest BCUT2D eigenvalue weighted by Crippen LogP contribution is -2.50. The van der Waals surface area contributed by atoms with E-state index in [0.717, 1.165) is 0 Å². The number of carbonyl (C=O) groups is 1. The Hall–Kier alpha value is -0.810. The van der Waals surface area contributed by atoms with Gasteiger partial charge in [0.05, 0.1) is 19.3 Å². The second-order valence-electron chi connectivity index (χ2n) is 5.86. The minimum Gasteiger partial charge on any atom is -0.444 e. The predicted octanol–water partition coefficient (Wildman–Crippen LogP) is 0.861. The quantitative estimate of drug-likeness (QED) is 0.742. The van der Waals surface area contributed by atoms with Gasteiger partial charge < -0.3 is 19.5 Å². The first-order valence-electron chi connectivity index (χ1n) is 6.11. The summed E-state index contributed by atoms with van der Waals surface area (Å²) in [6.07, 6.45) is -0.319. The predicted molar refractivity (Wildman–Crippen MR) is 61.6 cm³/mol. The molecule has 0 spiro atoms. The van der Waals surface area contributed by atoms with Gasteiger partial charge in [0.25, 0.3) is 0 Å². The van der Waals surface area contributed by atoms with E-state index in [2.05, 4.69) is 0 Å². The molecule has 0 aliphatic carbocycles. The number of piperidine rings is 1. The lowest BCUT2D eigenvalue weighted by molar-refractivity contribution is -0.00705. The van der Waals surface area contributed by atoms with Crippen LogP contribution in [0.3, 0.4) is 0 Å². The van der Waals surface area contributed by atoms with Crippen molar-refractivity contribution in [1.29, 1.82) is 0 Å². The Morgan fingerprint density at radius 2 is 2.18 bits per heavy atom. The van der Waals surface area contributed by atoms with Crippen molar-refractivity contribution < 1.29 is 19.4 Å². The molecule has 3 atom stereocenters. The largest absolute Gasteiger partial charge is 0.444 e. The highest BCUT2D eigenvalue weighted by Crippen LogP contribution is 2.33. The Labute approximate surface area is 102 Å². The summed E-state index contributed by atoms with van der Waals surface area (Å²) in [5, 5.41) is 9.27. The Balaban J connectivity index is 1.96. The summed E-state index contributed by atoms with van der Waals surface area (Å²) in [4.78, 5) is 13.6. The van der Waals surface area contributed by atoms with Crippen LogP contribution in [0.25, 0.3) is 0 Å². The highest BCUT2D eigenvalue weighted by Gasteiger charge is 2.44. The van der Waals surface area contributed by atoms with E-state index in [-0.39, 0.29) is 30.6 Å². The highest BCUT2D eigenvalue weighted by atomic mass is 16.6. The number of aliphatic hydroxyl groups excluding tert-OH is 1. The van der Waals surface area contributed by atoms with Crippen molar-refractivity contribution in [2.45, 2.75) is 32.5 Å². The molecule has 0 radical (unpaired) electrons. The molecule has 0 aromatic heterocycles. The van der Waals surface area contributed by atoms with Crippen LogP contribution in [0.4, 0.5) is 4.79 Å². The molecule has 2 bridgehead atoms. The highest BCUT2D eigenvalue weighted by molar-refractivity contribution is 5.68. The maximum absolute atomic E-state index is 11.9. The van der Waals surface area contributed by atoms with Crippen LogP contribution >= 0.6 is 0 Å². The standard InChI is InChI=1S/C12H21NO4/c1-12(2,3)17-11(15)13-4-8-7-16-10(5-13)9(8)6-14/h8-10,14H,4-7H2,1-3H3/t8?,9?,10-/m0/s1. The summed E-state index contributed by atoms with van der Waals surface area (Å²) in [5.74, 6) is 0.417. The zero-order valence-electron chi connectivity index (χ0n) is 10.7. The Morgan fingerprint density at radius 3 is 2.71 bits per heavy atom. The Bertz CT molecular complexity index is 285. The average Bonchev–Trinajstić information content (AvgIpc) is 2.44. The zero-order valence-corrected chi connectivity index (χ0v) is 10.7. The number of rotatable bonds is 1. The Kier molecular flexibility index (Phi) is 3.32. The zero-order chi connectivity index (χ0) is 12.6. The van der Waals surface area contributed by atoms with E-state index in [1.807, 2.05) is 20.8 Å². The number of ether oxygens (including phenoxy) is 2. The molecule has 0 aromatic rings. The van der Waals surface area contributed by atoms with E-state index < -0.39 is 5.60 Å². The van der Waals surface area contributed by atoms with Crippen molar-refractivity contribution in [3.8, 4) is 0 Å². The van der Waals surface area contributed by atoms with E-state index in [1.54, 1.807) is 4.90 Å². The molecular weight excluding hydrogens is 222 g/mol. The van der Waals surface area contributed by atoms with Gasteiger partial charge in [0.2, 0.25) is 0 Å². The Morgan fingerprint density at radius 1 is 1.47 bits per heavy atom. The van der Waals surface area contributed by atoms with Gasteiger partial charge in [-0.25, -0.2) is 4.79 Å². The number of hydrogen-bond acceptors (Lipinski definition) is 4. The van der Waals surface area contributed by atoms with Crippen molar-refractivity contribution in [1.82, 2.24) is 4.90 Å². The smallest absolute Gasteiger partial charge is 0.410 e. The molecule has 2 rings (SSSR count). The molecule has 2 unspecified atom stereocenters. The molecule has 2 heterocycles. The van der Waals surface area contributed by atoms with Crippen molar-refractivity contribution >= 4 is 6.09 Å². The lowest BCUT2D eigenvalue weighted by atomic mass is 9.87. The number of carbonyl (C=O) groups excluding carboxylic acids is 1. The minimum atomic E-state index is -0.467. The molecule has 98 valence electrons. The fourth-order valence-corrected chi connectivity index (χ4v) is 2.49. The molecular formula is C12H21NO4. The summed E-state index contributed by atoms with van der Waals surface area (Å²) in [6, 6.07) is 0. The summed E-state index contributed by atoms with van der Waals surface area (Å²) in [6.45, 7) is 7.49. The van der Waals surface area contributed by atoms with Crippen LogP contribution in [-0.4, -0.2) is 54.1 Å². The molecule has 1 amide bonds. The maximum Gasteiger partial charge on any atom is 0.410 e. The summed E-state index contributed by atoms with van der Waals surface area (Å²) >= 11 is 0. The number of hydrogen-bond donors (Lipinski definition) is 1. The first-order valence-corrected chi connectivity index (χ1v) is 6.11. The molecule has 0 aromatic carbocycles. The molecule has 2 fully saturated rings. The number of amides is 1. The second-order valence-corrected chi connectivity index (χ2v) is 5.86. The third-order valence-electron chi connectivity index (χ3n) is 3.33. The van der Waals surface area contributed by atoms with Crippen molar-refractivity contribution in [2.24, 2.45) is 11.8 Å². The van der Waals surface area contributed by atoms with Crippen LogP contribution in [0.5, 0.6) is 0 Å². The van der Waals surface area contributed by atoms with Crippen LogP contribution < -0.4 is 0 Å². The lowest BCUT2D eigenvalue weighted by Gasteiger charge is -2.36. The van der Waals surface area contributed by atoms with Crippen molar-refractivity contribution in [2.75, 3.05) is 26.3 Å². The van der Waals surface area contributed by atoms with Gasteiger partial charge in [0.1, 0.15) is 5.60 Å². The number of nitrogens with zero attached hydrogens (tertiary/aromatic N) is 1. The number of aliphatic hydroxyl groups is 1. The first kappa shape index (κ1) is 12.6. The molecule has 17 heavy (non-hydrogen) atoms. The maximum atomic E-state index is 11.9. The third-order valence-corrected chi connectivity index (χ3v) is 3.33. The first-order chi connectivity index (χ1) is 7.90. The van der Waals surface area contributed by atoms with Gasteiger partial charge in [0, 0.05) is 25.0 Å². The van der Waals surface area contributed by atoms with E-state index in [4.69, 9.17) is 9.47 Å². The van der Waals surface area contributed by atoms with E-state index in [0.29, 0.717) is 19.7 Å². The minimum absolute atomic E-state index is 0.0359.